The third-order valence-electron chi connectivity index (χ3n) is 4.02. The van der Waals surface area contributed by atoms with Gasteiger partial charge in [-0.05, 0) is 42.9 Å². The Labute approximate surface area is 156 Å². The highest BCUT2D eigenvalue weighted by atomic mass is 16.6. The van der Waals surface area contributed by atoms with Crippen molar-refractivity contribution in [2.45, 2.75) is 52.4 Å². The molecule has 0 aromatic heterocycles. The summed E-state index contributed by atoms with van der Waals surface area (Å²) in [7, 11) is 0. The van der Waals surface area contributed by atoms with Crippen molar-refractivity contribution in [2.75, 3.05) is 0 Å². The minimum atomic E-state index is -0.612. The van der Waals surface area contributed by atoms with Crippen LogP contribution in [-0.4, -0.2) is 11.9 Å². The second-order valence-corrected chi connectivity index (χ2v) is 5.91. The topological polar surface area (TPSA) is 52.6 Å². The standard InChI is InChI=1S/C22H28O4/c1-6-11-13-17-16(8-3)15-19(25-20(23)9-4)22(26-21(24)10-5)18(17)14-12-7-2/h8-10,15H,3-7,11-14H2,1-2H3. The number of carbonyl (C=O) groups excluding carboxylic acids is 2. The molecule has 0 saturated carbocycles. The van der Waals surface area contributed by atoms with E-state index in [2.05, 4.69) is 33.6 Å². The first-order valence-corrected chi connectivity index (χ1v) is 9.01. The lowest BCUT2D eigenvalue weighted by molar-refractivity contribution is -0.131. The lowest BCUT2D eigenvalue weighted by atomic mass is 9.91. The molecule has 140 valence electrons. The highest BCUT2D eigenvalue weighted by Crippen LogP contribution is 2.39. The lowest BCUT2D eigenvalue weighted by Gasteiger charge is -2.20. The lowest BCUT2D eigenvalue weighted by Crippen LogP contribution is -2.13. The fraction of sp³-hybridized carbons (Fsp3) is 0.364. The molecule has 1 aromatic rings. The molecule has 0 saturated heterocycles. The van der Waals surface area contributed by atoms with Crippen molar-refractivity contribution < 1.29 is 19.1 Å². The number of benzene rings is 1. The number of ether oxygens (including phenoxy) is 2. The number of hydrogen-bond acceptors (Lipinski definition) is 4. The summed E-state index contributed by atoms with van der Waals surface area (Å²) in [6.45, 7) is 15.0. The van der Waals surface area contributed by atoms with E-state index in [1.54, 1.807) is 12.1 Å². The molecular weight excluding hydrogens is 328 g/mol. The number of carbonyl (C=O) groups is 2. The molecule has 0 radical (unpaired) electrons. The highest BCUT2D eigenvalue weighted by Gasteiger charge is 2.22. The second-order valence-electron chi connectivity index (χ2n) is 5.91. The van der Waals surface area contributed by atoms with Gasteiger partial charge >= 0.3 is 11.9 Å². The van der Waals surface area contributed by atoms with Crippen LogP contribution in [0.1, 0.15) is 56.2 Å². The number of hydrogen-bond donors (Lipinski definition) is 0. The van der Waals surface area contributed by atoms with Crippen molar-refractivity contribution in [3.8, 4) is 11.5 Å². The maximum atomic E-state index is 11.9. The van der Waals surface area contributed by atoms with Crippen LogP contribution in [0.4, 0.5) is 0 Å². The van der Waals surface area contributed by atoms with E-state index >= 15 is 0 Å². The molecule has 1 aromatic carbocycles. The van der Waals surface area contributed by atoms with Crippen LogP contribution < -0.4 is 9.47 Å². The van der Waals surface area contributed by atoms with Crippen LogP contribution in [0.3, 0.4) is 0 Å². The molecule has 0 fully saturated rings. The van der Waals surface area contributed by atoms with Crippen molar-refractivity contribution in [1.82, 2.24) is 0 Å². The van der Waals surface area contributed by atoms with Gasteiger partial charge < -0.3 is 9.47 Å². The molecule has 0 aliphatic carbocycles. The average molecular weight is 356 g/mol. The maximum absolute atomic E-state index is 11.9. The molecule has 26 heavy (non-hydrogen) atoms. The summed E-state index contributed by atoms with van der Waals surface area (Å²) in [5.74, 6) is -0.716. The first-order valence-electron chi connectivity index (χ1n) is 9.01. The third kappa shape index (κ3) is 5.73. The normalized spacial score (nSPS) is 10.1. The SMILES string of the molecule is C=CC(=O)Oc1cc(C=C)c(CCCC)c(CCCC)c1OC(=O)C=C. The Hall–Kier alpha value is -2.62. The predicted molar refractivity (Wildman–Crippen MR) is 105 cm³/mol. The van der Waals surface area contributed by atoms with Crippen LogP contribution in [0.15, 0.2) is 38.0 Å². The van der Waals surface area contributed by atoms with Gasteiger partial charge in [-0.3, -0.25) is 0 Å². The Bertz CT molecular complexity index is 686. The van der Waals surface area contributed by atoms with E-state index in [0.717, 1.165) is 67.4 Å². The van der Waals surface area contributed by atoms with E-state index in [4.69, 9.17) is 9.47 Å². The van der Waals surface area contributed by atoms with E-state index in [1.165, 1.54) is 0 Å². The Morgan fingerprint density at radius 3 is 1.96 bits per heavy atom. The van der Waals surface area contributed by atoms with Gasteiger partial charge in [-0.2, -0.15) is 0 Å². The summed E-state index contributed by atoms with van der Waals surface area (Å²) >= 11 is 0. The molecule has 0 N–H and O–H groups in total. The number of rotatable bonds is 11. The smallest absolute Gasteiger partial charge is 0.335 e. The van der Waals surface area contributed by atoms with Crippen molar-refractivity contribution in [2.24, 2.45) is 0 Å². The zero-order valence-corrected chi connectivity index (χ0v) is 15.8. The van der Waals surface area contributed by atoms with E-state index < -0.39 is 11.9 Å². The Kier molecular flexibility index (Phi) is 9.13. The first kappa shape index (κ1) is 21.4. The summed E-state index contributed by atoms with van der Waals surface area (Å²) in [6.07, 6.45) is 9.42. The van der Waals surface area contributed by atoms with E-state index in [0.29, 0.717) is 0 Å². The largest absolute Gasteiger partial charge is 0.419 e. The van der Waals surface area contributed by atoms with Crippen LogP contribution in [0, 0.1) is 0 Å². The van der Waals surface area contributed by atoms with Crippen molar-refractivity contribution >= 4 is 18.0 Å². The van der Waals surface area contributed by atoms with Crippen molar-refractivity contribution in [3.63, 3.8) is 0 Å². The van der Waals surface area contributed by atoms with Crippen LogP contribution in [0.2, 0.25) is 0 Å². The summed E-state index contributed by atoms with van der Waals surface area (Å²) < 4.78 is 10.8. The van der Waals surface area contributed by atoms with E-state index in [-0.39, 0.29) is 11.5 Å². The monoisotopic (exact) mass is 356 g/mol. The van der Waals surface area contributed by atoms with Gasteiger partial charge in [0.05, 0.1) is 0 Å². The Morgan fingerprint density at radius 1 is 0.923 bits per heavy atom. The van der Waals surface area contributed by atoms with E-state index in [9.17, 15) is 9.59 Å². The van der Waals surface area contributed by atoms with Crippen LogP contribution in [0.25, 0.3) is 6.08 Å². The zero-order chi connectivity index (χ0) is 19.5. The maximum Gasteiger partial charge on any atom is 0.335 e. The molecule has 4 nitrogen and oxygen atoms in total. The van der Waals surface area contributed by atoms with Gasteiger partial charge in [0.1, 0.15) is 0 Å². The second kappa shape index (κ2) is 11.1. The van der Waals surface area contributed by atoms with Gasteiger partial charge in [0.15, 0.2) is 11.5 Å². The molecule has 0 spiro atoms. The molecular formula is C22H28O4. The van der Waals surface area contributed by atoms with Crippen LogP contribution in [-0.2, 0) is 22.4 Å². The minimum absolute atomic E-state index is 0.200. The van der Waals surface area contributed by atoms with E-state index in [1.807, 2.05) is 0 Å². The highest BCUT2D eigenvalue weighted by molar-refractivity contribution is 5.87. The first-order chi connectivity index (χ1) is 12.5. The molecule has 0 aliphatic rings. The average Bonchev–Trinajstić information content (AvgIpc) is 2.65. The molecule has 0 bridgehead atoms. The van der Waals surface area contributed by atoms with Gasteiger partial charge in [0, 0.05) is 17.7 Å². The fourth-order valence-corrected chi connectivity index (χ4v) is 2.68. The quantitative estimate of drug-likeness (QED) is 0.311. The van der Waals surface area contributed by atoms with Gasteiger partial charge in [0.25, 0.3) is 0 Å². The molecule has 0 atom stereocenters. The van der Waals surface area contributed by atoms with Gasteiger partial charge in [-0.25, -0.2) is 9.59 Å². The number of unbranched alkanes of at least 4 members (excludes halogenated alkanes) is 2. The molecule has 0 amide bonds. The molecule has 0 heterocycles. The molecule has 1 rings (SSSR count). The van der Waals surface area contributed by atoms with Gasteiger partial charge in [0.2, 0.25) is 0 Å². The van der Waals surface area contributed by atoms with Crippen LogP contribution >= 0.6 is 0 Å². The fourth-order valence-electron chi connectivity index (χ4n) is 2.68. The van der Waals surface area contributed by atoms with Crippen molar-refractivity contribution in [3.05, 3.63) is 54.6 Å². The van der Waals surface area contributed by atoms with Gasteiger partial charge in [-0.1, -0.05) is 52.5 Å². The molecule has 0 aliphatic heterocycles. The number of esters is 2. The molecule has 4 heteroatoms. The summed E-state index contributed by atoms with van der Waals surface area (Å²) in [6, 6.07) is 1.69. The summed E-state index contributed by atoms with van der Waals surface area (Å²) in [5.41, 5.74) is 2.86. The Balaban J connectivity index is 3.62. The summed E-state index contributed by atoms with van der Waals surface area (Å²) in [5, 5.41) is 0. The predicted octanol–water partition coefficient (Wildman–Crippen LogP) is 5.20. The third-order valence-corrected chi connectivity index (χ3v) is 4.02. The molecule has 0 unspecified atom stereocenters. The zero-order valence-electron chi connectivity index (χ0n) is 15.8. The van der Waals surface area contributed by atoms with Gasteiger partial charge in [-0.15, -0.1) is 0 Å². The Morgan fingerprint density at radius 2 is 1.46 bits per heavy atom. The minimum Gasteiger partial charge on any atom is -0.419 e. The summed E-state index contributed by atoms with van der Waals surface area (Å²) in [4.78, 5) is 23.6. The van der Waals surface area contributed by atoms with Crippen molar-refractivity contribution in [1.29, 1.82) is 0 Å². The van der Waals surface area contributed by atoms with Crippen LogP contribution in [0.5, 0.6) is 11.5 Å².